The maximum atomic E-state index is 13.1. The Morgan fingerprint density at radius 2 is 1.78 bits per heavy atom. The summed E-state index contributed by atoms with van der Waals surface area (Å²) in [4.78, 5) is 38.7. The van der Waals surface area contributed by atoms with Crippen LogP contribution in [-0.4, -0.2) is 32.3 Å². The molecular weight excluding hydrogens is 340 g/mol. The number of nitrogens with one attached hydrogen (secondary N) is 1. The van der Waals surface area contributed by atoms with Gasteiger partial charge in [-0.05, 0) is 37.3 Å². The zero-order valence-electron chi connectivity index (χ0n) is 14.8. The molecule has 2 aromatic heterocycles. The fourth-order valence-electron chi connectivity index (χ4n) is 3.18. The summed E-state index contributed by atoms with van der Waals surface area (Å²) in [5.41, 5.74) is 1.78. The fourth-order valence-corrected chi connectivity index (χ4v) is 3.18. The molecule has 134 valence electrons. The summed E-state index contributed by atoms with van der Waals surface area (Å²) in [5.74, 6) is 0.346. The highest BCUT2D eigenvalue weighted by molar-refractivity contribution is 6.06. The van der Waals surface area contributed by atoms with E-state index in [4.69, 9.17) is 0 Å². The van der Waals surface area contributed by atoms with Crippen LogP contribution < -0.4 is 5.56 Å². The number of para-hydroxylation sites is 1. The van der Waals surface area contributed by atoms with Crippen molar-refractivity contribution in [3.63, 3.8) is 0 Å². The molecule has 0 saturated heterocycles. The molecule has 6 heteroatoms. The highest BCUT2D eigenvalue weighted by Crippen LogP contribution is 2.19. The first-order valence-electron chi connectivity index (χ1n) is 8.78. The molecule has 1 N–H and O–H groups in total. The van der Waals surface area contributed by atoms with Gasteiger partial charge in [-0.25, -0.2) is 4.98 Å². The molecule has 4 rings (SSSR count). The van der Waals surface area contributed by atoms with Crippen molar-refractivity contribution in [1.82, 2.24) is 19.9 Å². The van der Waals surface area contributed by atoms with Gasteiger partial charge in [-0.15, -0.1) is 0 Å². The number of hydrogen-bond donors (Lipinski definition) is 1. The number of hydrogen-bond acceptors (Lipinski definition) is 4. The van der Waals surface area contributed by atoms with Gasteiger partial charge in [0.1, 0.15) is 5.82 Å². The first kappa shape index (κ1) is 16.9. The van der Waals surface area contributed by atoms with Gasteiger partial charge >= 0.3 is 0 Å². The predicted molar refractivity (Wildman–Crippen MR) is 105 cm³/mol. The van der Waals surface area contributed by atoms with E-state index in [1.807, 2.05) is 37.3 Å². The van der Waals surface area contributed by atoms with Gasteiger partial charge in [-0.1, -0.05) is 24.3 Å². The van der Waals surface area contributed by atoms with E-state index in [2.05, 4.69) is 15.0 Å². The SMILES string of the molecule is CCN(Cc1nc2ccccc2c(=O)[nH]1)C(=O)c1cccc2ncccc12. The number of aromatic nitrogens is 3. The van der Waals surface area contributed by atoms with Gasteiger partial charge in [-0.2, -0.15) is 0 Å². The van der Waals surface area contributed by atoms with Crippen LogP contribution in [0.2, 0.25) is 0 Å². The lowest BCUT2D eigenvalue weighted by molar-refractivity contribution is 0.0750. The molecule has 4 aromatic rings. The maximum Gasteiger partial charge on any atom is 0.258 e. The number of fused-ring (bicyclic) bond motifs is 2. The molecule has 0 saturated carbocycles. The summed E-state index contributed by atoms with van der Waals surface area (Å²) in [6.45, 7) is 2.62. The molecule has 0 unspecified atom stereocenters. The molecule has 0 fully saturated rings. The summed E-state index contributed by atoms with van der Waals surface area (Å²) in [5, 5.41) is 1.35. The van der Waals surface area contributed by atoms with Crippen molar-refractivity contribution >= 4 is 27.7 Å². The Bertz CT molecular complexity index is 1190. The van der Waals surface area contributed by atoms with Crippen LogP contribution in [0.15, 0.2) is 65.6 Å². The lowest BCUT2D eigenvalue weighted by Crippen LogP contribution is -2.32. The van der Waals surface area contributed by atoms with E-state index >= 15 is 0 Å². The second-order valence-corrected chi connectivity index (χ2v) is 6.22. The van der Waals surface area contributed by atoms with Gasteiger partial charge in [0.25, 0.3) is 11.5 Å². The standard InChI is InChI=1S/C21H18N4O2/c1-2-25(13-19-23-18-10-4-3-7-16(18)20(26)24-19)21(27)15-8-5-11-17-14(15)9-6-12-22-17/h3-12H,2,13H2,1H3,(H,23,24,26). The zero-order chi connectivity index (χ0) is 18.8. The molecular formula is C21H18N4O2. The lowest BCUT2D eigenvalue weighted by Gasteiger charge is -2.21. The van der Waals surface area contributed by atoms with Crippen LogP contribution in [0.4, 0.5) is 0 Å². The summed E-state index contributed by atoms with van der Waals surface area (Å²) >= 11 is 0. The van der Waals surface area contributed by atoms with Crippen LogP contribution in [0.25, 0.3) is 21.8 Å². The number of amides is 1. The van der Waals surface area contributed by atoms with Crippen molar-refractivity contribution < 1.29 is 4.79 Å². The Kier molecular flexibility index (Phi) is 4.38. The summed E-state index contributed by atoms with van der Waals surface area (Å²) in [6.07, 6.45) is 1.71. The number of nitrogens with zero attached hydrogens (tertiary/aromatic N) is 3. The maximum absolute atomic E-state index is 13.1. The Morgan fingerprint density at radius 3 is 2.63 bits per heavy atom. The summed E-state index contributed by atoms with van der Waals surface area (Å²) in [7, 11) is 0. The molecule has 0 bridgehead atoms. The average Bonchev–Trinajstić information content (AvgIpc) is 2.71. The molecule has 2 aromatic carbocycles. The van der Waals surface area contributed by atoms with E-state index in [0.29, 0.717) is 28.8 Å². The molecule has 6 nitrogen and oxygen atoms in total. The van der Waals surface area contributed by atoms with Crippen molar-refractivity contribution in [2.24, 2.45) is 0 Å². The van der Waals surface area contributed by atoms with E-state index in [-0.39, 0.29) is 18.0 Å². The second-order valence-electron chi connectivity index (χ2n) is 6.22. The number of benzene rings is 2. The van der Waals surface area contributed by atoms with Crippen molar-refractivity contribution in [3.8, 4) is 0 Å². The van der Waals surface area contributed by atoms with Crippen LogP contribution in [-0.2, 0) is 6.54 Å². The van der Waals surface area contributed by atoms with E-state index in [1.165, 1.54) is 0 Å². The zero-order valence-corrected chi connectivity index (χ0v) is 14.8. The Labute approximate surface area is 155 Å². The normalized spacial score (nSPS) is 11.0. The largest absolute Gasteiger partial charge is 0.331 e. The number of H-pyrrole nitrogens is 1. The highest BCUT2D eigenvalue weighted by atomic mass is 16.2. The third-order valence-electron chi connectivity index (χ3n) is 4.55. The van der Waals surface area contributed by atoms with Gasteiger partial charge in [0, 0.05) is 23.7 Å². The average molecular weight is 358 g/mol. The molecule has 1 amide bonds. The van der Waals surface area contributed by atoms with Crippen molar-refractivity contribution in [3.05, 3.63) is 82.5 Å². The minimum Gasteiger partial charge on any atom is -0.331 e. The minimum absolute atomic E-state index is 0.119. The fraction of sp³-hybridized carbons (Fsp3) is 0.143. The number of aromatic amines is 1. The molecule has 0 aliphatic heterocycles. The minimum atomic E-state index is -0.200. The second kappa shape index (κ2) is 6.99. The van der Waals surface area contributed by atoms with E-state index < -0.39 is 0 Å². The van der Waals surface area contributed by atoms with Crippen molar-refractivity contribution in [2.45, 2.75) is 13.5 Å². The third-order valence-corrected chi connectivity index (χ3v) is 4.55. The molecule has 27 heavy (non-hydrogen) atoms. The predicted octanol–water partition coefficient (Wildman–Crippen LogP) is 3.13. The Morgan fingerprint density at radius 1 is 1.00 bits per heavy atom. The van der Waals surface area contributed by atoms with Crippen molar-refractivity contribution in [1.29, 1.82) is 0 Å². The first-order valence-corrected chi connectivity index (χ1v) is 8.78. The molecule has 0 spiro atoms. The van der Waals surface area contributed by atoms with Crippen LogP contribution in [0.3, 0.4) is 0 Å². The van der Waals surface area contributed by atoms with E-state index in [1.54, 1.807) is 35.4 Å². The third kappa shape index (κ3) is 3.17. The quantitative estimate of drug-likeness (QED) is 0.608. The van der Waals surface area contributed by atoms with E-state index in [9.17, 15) is 9.59 Å². The van der Waals surface area contributed by atoms with Gasteiger partial charge in [0.2, 0.25) is 0 Å². The smallest absolute Gasteiger partial charge is 0.258 e. The van der Waals surface area contributed by atoms with Gasteiger partial charge in [0.15, 0.2) is 0 Å². The topological polar surface area (TPSA) is 79.0 Å². The van der Waals surface area contributed by atoms with Crippen LogP contribution in [0.5, 0.6) is 0 Å². The lowest BCUT2D eigenvalue weighted by atomic mass is 10.1. The number of carbonyl (C=O) groups excluding carboxylic acids is 1. The Hall–Kier alpha value is -3.54. The van der Waals surface area contributed by atoms with E-state index in [0.717, 1.165) is 10.9 Å². The summed E-state index contributed by atoms with van der Waals surface area (Å²) < 4.78 is 0. The van der Waals surface area contributed by atoms with Gasteiger partial charge in [-0.3, -0.25) is 14.6 Å². The molecule has 0 aliphatic carbocycles. The van der Waals surface area contributed by atoms with Gasteiger partial charge < -0.3 is 9.88 Å². The molecule has 0 aliphatic rings. The Balaban J connectivity index is 1.70. The number of pyridine rings is 1. The van der Waals surface area contributed by atoms with Crippen LogP contribution in [0.1, 0.15) is 23.1 Å². The number of rotatable bonds is 4. The van der Waals surface area contributed by atoms with Crippen LogP contribution in [0, 0.1) is 0 Å². The molecule has 0 atom stereocenters. The summed E-state index contributed by atoms with van der Waals surface area (Å²) in [6, 6.07) is 16.4. The van der Waals surface area contributed by atoms with Gasteiger partial charge in [0.05, 0.1) is 23.0 Å². The monoisotopic (exact) mass is 358 g/mol. The highest BCUT2D eigenvalue weighted by Gasteiger charge is 2.18. The molecule has 0 radical (unpaired) electrons. The first-order chi connectivity index (χ1) is 13.2. The van der Waals surface area contributed by atoms with Crippen molar-refractivity contribution in [2.75, 3.05) is 6.54 Å². The molecule has 2 heterocycles. The number of carbonyl (C=O) groups is 1. The van der Waals surface area contributed by atoms with Crippen LogP contribution >= 0.6 is 0 Å².